The van der Waals surface area contributed by atoms with Crippen LogP contribution >= 0.6 is 0 Å². The predicted octanol–water partition coefficient (Wildman–Crippen LogP) is 2.13. The lowest BCUT2D eigenvalue weighted by molar-refractivity contribution is 0.191. The van der Waals surface area contributed by atoms with Gasteiger partial charge in [-0.3, -0.25) is 4.90 Å². The number of rotatable bonds is 7. The van der Waals surface area contributed by atoms with Crippen LogP contribution in [0, 0.1) is 11.3 Å². The second kappa shape index (κ2) is 6.81. The molecule has 0 radical (unpaired) electrons. The third-order valence-electron chi connectivity index (χ3n) is 2.57. The van der Waals surface area contributed by atoms with Crippen LogP contribution in [0.25, 0.3) is 0 Å². The van der Waals surface area contributed by atoms with Crippen LogP contribution in [0.3, 0.4) is 0 Å². The fourth-order valence-electron chi connectivity index (χ4n) is 1.54. The molecule has 0 aliphatic rings. The van der Waals surface area contributed by atoms with Crippen LogP contribution in [0.5, 0.6) is 0 Å². The molecule has 0 saturated carbocycles. The Morgan fingerprint density at radius 3 is 2.40 bits per heavy atom. The van der Waals surface area contributed by atoms with Crippen molar-refractivity contribution in [2.24, 2.45) is 5.73 Å². The highest BCUT2D eigenvalue weighted by Crippen LogP contribution is 2.08. The van der Waals surface area contributed by atoms with Gasteiger partial charge in [0.05, 0.1) is 6.07 Å². The van der Waals surface area contributed by atoms with Crippen molar-refractivity contribution in [3.8, 4) is 6.07 Å². The minimum Gasteiger partial charge on any atom is -0.313 e. The molecule has 0 spiro atoms. The molecular formula is C12H25N3. The van der Waals surface area contributed by atoms with Crippen LogP contribution in [0.1, 0.15) is 47.0 Å². The van der Waals surface area contributed by atoms with Gasteiger partial charge in [0.2, 0.25) is 0 Å². The molecule has 0 heterocycles. The summed E-state index contributed by atoms with van der Waals surface area (Å²) in [7, 11) is 0. The monoisotopic (exact) mass is 211 g/mol. The highest BCUT2D eigenvalue weighted by atomic mass is 15.2. The second-order valence-electron chi connectivity index (χ2n) is 4.80. The maximum atomic E-state index is 8.89. The van der Waals surface area contributed by atoms with Crippen LogP contribution in [-0.4, -0.2) is 29.6 Å². The van der Waals surface area contributed by atoms with Crippen molar-refractivity contribution in [1.82, 2.24) is 4.90 Å². The van der Waals surface area contributed by atoms with E-state index in [1.165, 1.54) is 19.3 Å². The minimum atomic E-state index is -0.726. The van der Waals surface area contributed by atoms with Crippen molar-refractivity contribution in [1.29, 1.82) is 5.26 Å². The highest BCUT2D eigenvalue weighted by Gasteiger charge is 2.22. The molecule has 0 aromatic heterocycles. The Bertz CT molecular complexity index is 203. The van der Waals surface area contributed by atoms with E-state index >= 15 is 0 Å². The molecule has 0 rings (SSSR count). The van der Waals surface area contributed by atoms with E-state index in [-0.39, 0.29) is 0 Å². The van der Waals surface area contributed by atoms with Gasteiger partial charge in [-0.25, -0.2) is 0 Å². The Morgan fingerprint density at radius 1 is 1.40 bits per heavy atom. The van der Waals surface area contributed by atoms with Crippen LogP contribution < -0.4 is 5.73 Å². The summed E-state index contributed by atoms with van der Waals surface area (Å²) in [6.07, 6.45) is 3.66. The molecule has 88 valence electrons. The molecule has 1 atom stereocenters. The lowest BCUT2D eigenvalue weighted by Crippen LogP contribution is -2.49. The Balaban J connectivity index is 4.12. The first-order valence-electron chi connectivity index (χ1n) is 5.87. The number of hydrogen-bond acceptors (Lipinski definition) is 3. The summed E-state index contributed by atoms with van der Waals surface area (Å²) in [4.78, 5) is 2.29. The van der Waals surface area contributed by atoms with E-state index in [1.807, 2.05) is 0 Å². The Hall–Kier alpha value is -0.590. The lowest BCUT2D eigenvalue weighted by atomic mass is 10.0. The Labute approximate surface area is 94.2 Å². The SMILES string of the molecule is CCCCCN(CC(C)(N)C#N)C(C)C. The van der Waals surface area contributed by atoms with Gasteiger partial charge in [-0.2, -0.15) is 5.26 Å². The van der Waals surface area contributed by atoms with Gasteiger partial charge in [0.15, 0.2) is 0 Å². The summed E-state index contributed by atoms with van der Waals surface area (Å²) in [6, 6.07) is 2.61. The second-order valence-corrected chi connectivity index (χ2v) is 4.80. The summed E-state index contributed by atoms with van der Waals surface area (Å²) in [5.74, 6) is 0. The molecule has 0 aliphatic heterocycles. The van der Waals surface area contributed by atoms with Crippen molar-refractivity contribution < 1.29 is 0 Å². The maximum Gasteiger partial charge on any atom is 0.114 e. The van der Waals surface area contributed by atoms with Gasteiger partial charge < -0.3 is 5.73 Å². The normalized spacial score (nSPS) is 15.3. The summed E-state index contributed by atoms with van der Waals surface area (Å²) < 4.78 is 0. The van der Waals surface area contributed by atoms with Crippen LogP contribution in [-0.2, 0) is 0 Å². The quantitative estimate of drug-likeness (QED) is 0.656. The number of nitrogens with zero attached hydrogens (tertiary/aromatic N) is 2. The van der Waals surface area contributed by atoms with E-state index in [4.69, 9.17) is 11.0 Å². The fourth-order valence-corrected chi connectivity index (χ4v) is 1.54. The molecule has 0 saturated heterocycles. The molecule has 0 aromatic carbocycles. The summed E-state index contributed by atoms with van der Waals surface area (Å²) in [5, 5.41) is 8.89. The van der Waals surface area contributed by atoms with Crippen LogP contribution in [0.15, 0.2) is 0 Å². The molecule has 1 unspecified atom stereocenters. The highest BCUT2D eigenvalue weighted by molar-refractivity contribution is 5.03. The van der Waals surface area contributed by atoms with Gasteiger partial charge >= 0.3 is 0 Å². The summed E-state index contributed by atoms with van der Waals surface area (Å²) in [6.45, 7) is 9.99. The molecular weight excluding hydrogens is 186 g/mol. The molecule has 0 aliphatic carbocycles. The van der Waals surface area contributed by atoms with Gasteiger partial charge in [-0.15, -0.1) is 0 Å². The molecule has 2 N–H and O–H groups in total. The van der Waals surface area contributed by atoms with Crippen LogP contribution in [0.2, 0.25) is 0 Å². The predicted molar refractivity (Wildman–Crippen MR) is 64.4 cm³/mol. The first kappa shape index (κ1) is 14.4. The van der Waals surface area contributed by atoms with Gasteiger partial charge in [0.25, 0.3) is 0 Å². The smallest absolute Gasteiger partial charge is 0.114 e. The van der Waals surface area contributed by atoms with Crippen molar-refractivity contribution in [3.63, 3.8) is 0 Å². The zero-order valence-corrected chi connectivity index (χ0v) is 10.6. The van der Waals surface area contributed by atoms with E-state index in [0.717, 1.165) is 6.54 Å². The summed E-state index contributed by atoms with van der Waals surface area (Å²) >= 11 is 0. The molecule has 3 heteroatoms. The number of nitrogens with two attached hydrogens (primary N) is 1. The van der Waals surface area contributed by atoms with E-state index in [9.17, 15) is 0 Å². The van der Waals surface area contributed by atoms with E-state index in [0.29, 0.717) is 12.6 Å². The first-order valence-corrected chi connectivity index (χ1v) is 5.87. The van der Waals surface area contributed by atoms with Crippen molar-refractivity contribution in [2.75, 3.05) is 13.1 Å². The average molecular weight is 211 g/mol. The van der Waals surface area contributed by atoms with Crippen molar-refractivity contribution in [2.45, 2.75) is 58.5 Å². The van der Waals surface area contributed by atoms with Gasteiger partial charge in [-0.1, -0.05) is 19.8 Å². The summed E-state index contributed by atoms with van der Waals surface area (Å²) in [5.41, 5.74) is 5.13. The minimum absolute atomic E-state index is 0.457. The standard InChI is InChI=1S/C12H25N3/c1-5-6-7-8-15(11(2)3)10-12(4,14)9-13/h11H,5-8,10,14H2,1-4H3. The number of hydrogen-bond donors (Lipinski definition) is 1. The zero-order valence-electron chi connectivity index (χ0n) is 10.6. The topological polar surface area (TPSA) is 53.0 Å². The maximum absolute atomic E-state index is 8.89. The molecule has 15 heavy (non-hydrogen) atoms. The van der Waals surface area contributed by atoms with Crippen molar-refractivity contribution in [3.05, 3.63) is 0 Å². The Morgan fingerprint density at radius 2 is 2.00 bits per heavy atom. The largest absolute Gasteiger partial charge is 0.313 e. The van der Waals surface area contributed by atoms with E-state index < -0.39 is 5.54 Å². The van der Waals surface area contributed by atoms with Crippen LogP contribution in [0.4, 0.5) is 0 Å². The lowest BCUT2D eigenvalue weighted by Gasteiger charge is -2.31. The molecule has 0 aromatic rings. The van der Waals surface area contributed by atoms with Gasteiger partial charge in [0, 0.05) is 12.6 Å². The number of nitriles is 1. The van der Waals surface area contributed by atoms with Gasteiger partial charge in [-0.05, 0) is 33.7 Å². The zero-order chi connectivity index (χ0) is 11.9. The van der Waals surface area contributed by atoms with Gasteiger partial charge in [0.1, 0.15) is 5.54 Å². The fraction of sp³-hybridized carbons (Fsp3) is 0.917. The average Bonchev–Trinajstić information content (AvgIpc) is 2.16. The van der Waals surface area contributed by atoms with E-state index in [2.05, 4.69) is 31.7 Å². The third kappa shape index (κ3) is 6.48. The molecule has 3 nitrogen and oxygen atoms in total. The molecule has 0 amide bonds. The molecule has 0 fully saturated rings. The Kier molecular flexibility index (Phi) is 6.55. The van der Waals surface area contributed by atoms with Crippen molar-refractivity contribution >= 4 is 0 Å². The molecule has 0 bridgehead atoms. The van der Waals surface area contributed by atoms with E-state index in [1.54, 1.807) is 6.92 Å². The third-order valence-corrected chi connectivity index (χ3v) is 2.57. The number of unbranched alkanes of at least 4 members (excludes halogenated alkanes) is 2. The first-order chi connectivity index (χ1) is 6.93.